The number of rotatable bonds is 9. The van der Waals surface area contributed by atoms with Crippen molar-refractivity contribution in [1.29, 1.82) is 0 Å². The van der Waals surface area contributed by atoms with E-state index in [0.29, 0.717) is 25.8 Å². The van der Waals surface area contributed by atoms with Crippen LogP contribution in [-0.2, 0) is 14.4 Å². The number of nitrogens with zero attached hydrogens (tertiary/aromatic N) is 2. The number of aliphatic carboxylic acids is 1. The zero-order chi connectivity index (χ0) is 23.9. The highest BCUT2D eigenvalue weighted by molar-refractivity contribution is 8.02. The molecule has 1 aliphatic carbocycles. The highest BCUT2D eigenvalue weighted by Crippen LogP contribution is 2.66. The Bertz CT molecular complexity index is 798. The highest BCUT2D eigenvalue weighted by Gasteiger charge is 2.74. The number of carbonyl (C=O) groups excluding carboxylic acids is 2. The third-order valence-corrected chi connectivity index (χ3v) is 10.2. The van der Waals surface area contributed by atoms with Gasteiger partial charge in [0, 0.05) is 17.8 Å². The van der Waals surface area contributed by atoms with Crippen LogP contribution in [0.4, 0.5) is 0 Å². The molecule has 184 valence electrons. The molecule has 0 aromatic carbocycles. The minimum absolute atomic E-state index is 0.0842. The molecule has 7 nitrogen and oxygen atoms in total. The van der Waals surface area contributed by atoms with Gasteiger partial charge in [-0.05, 0) is 38.0 Å². The molecule has 2 amide bonds. The van der Waals surface area contributed by atoms with Crippen molar-refractivity contribution in [1.82, 2.24) is 9.80 Å². The number of carbonyl (C=O) groups is 3. The molecule has 1 spiro atoms. The first kappa shape index (κ1) is 24.6. The largest absolute Gasteiger partial charge is 0.481 e. The zero-order valence-electron chi connectivity index (χ0n) is 19.8. The third kappa shape index (κ3) is 4.01. The molecular formula is C25H38N2O5S. The second-order valence-corrected chi connectivity index (χ2v) is 12.3. The van der Waals surface area contributed by atoms with E-state index in [9.17, 15) is 24.6 Å². The lowest BCUT2D eigenvalue weighted by atomic mass is 9.71. The van der Waals surface area contributed by atoms with Crippen LogP contribution in [0.2, 0.25) is 0 Å². The molecule has 0 aromatic rings. The summed E-state index contributed by atoms with van der Waals surface area (Å²) in [5.74, 6) is -2.52. The van der Waals surface area contributed by atoms with Crippen LogP contribution in [0.25, 0.3) is 0 Å². The van der Waals surface area contributed by atoms with Gasteiger partial charge in [-0.1, -0.05) is 39.2 Å². The second kappa shape index (κ2) is 9.61. The molecule has 8 heteroatoms. The Morgan fingerprint density at radius 3 is 2.55 bits per heavy atom. The lowest BCUT2D eigenvalue weighted by Gasteiger charge is -2.42. The Hall–Kier alpha value is -1.54. The van der Waals surface area contributed by atoms with E-state index in [1.807, 2.05) is 18.7 Å². The standard InChI is InChI=1S/C25H38N2O5S/c1-4-12-26(16-8-6-5-7-9-16)23(30)21-25-11-10-18(33-25)19(24(31)32)20(25)22(29)27(21)17(14-28)13-15(2)3/h4,15-21,28H,1,5-14H2,2-3H3,(H,31,32)/t17-,18+,19-,20+,21?,25?/m1/s1. The number of fused-ring (bicyclic) bond motifs is 1. The molecule has 2 unspecified atom stereocenters. The van der Waals surface area contributed by atoms with Gasteiger partial charge in [0.05, 0.1) is 29.2 Å². The summed E-state index contributed by atoms with van der Waals surface area (Å²) in [6, 6.07) is -1.10. The van der Waals surface area contributed by atoms with Crippen molar-refractivity contribution in [3.05, 3.63) is 12.7 Å². The van der Waals surface area contributed by atoms with Crippen LogP contribution in [0.5, 0.6) is 0 Å². The van der Waals surface area contributed by atoms with E-state index in [1.54, 1.807) is 22.7 Å². The van der Waals surface area contributed by atoms with Crippen molar-refractivity contribution in [3.63, 3.8) is 0 Å². The molecule has 2 bridgehead atoms. The van der Waals surface area contributed by atoms with Gasteiger partial charge in [-0.25, -0.2) is 0 Å². The lowest BCUT2D eigenvalue weighted by molar-refractivity contribution is -0.150. The molecular weight excluding hydrogens is 440 g/mol. The number of hydrogen-bond donors (Lipinski definition) is 2. The fraction of sp³-hybridized carbons (Fsp3) is 0.800. The predicted molar refractivity (Wildman–Crippen MR) is 128 cm³/mol. The molecule has 0 radical (unpaired) electrons. The fourth-order valence-electron chi connectivity index (χ4n) is 6.97. The molecule has 4 rings (SSSR count). The second-order valence-electron chi connectivity index (χ2n) is 10.7. The van der Waals surface area contributed by atoms with E-state index < -0.39 is 34.6 Å². The topological polar surface area (TPSA) is 98.2 Å². The van der Waals surface area contributed by atoms with Crippen LogP contribution in [0, 0.1) is 17.8 Å². The number of carboxylic acid groups (broad SMARTS) is 1. The van der Waals surface area contributed by atoms with E-state index in [1.165, 1.54) is 6.42 Å². The van der Waals surface area contributed by atoms with Crippen molar-refractivity contribution in [3.8, 4) is 0 Å². The van der Waals surface area contributed by atoms with Crippen molar-refractivity contribution in [2.45, 2.75) is 93.3 Å². The summed E-state index contributed by atoms with van der Waals surface area (Å²) < 4.78 is -0.722. The number of aliphatic hydroxyl groups is 1. The number of thioether (sulfide) groups is 1. The quantitative estimate of drug-likeness (QED) is 0.495. The minimum atomic E-state index is -0.944. The predicted octanol–water partition coefficient (Wildman–Crippen LogP) is 2.92. The summed E-state index contributed by atoms with van der Waals surface area (Å²) in [5.41, 5.74) is 0. The van der Waals surface area contributed by atoms with Crippen LogP contribution in [0.15, 0.2) is 12.7 Å². The van der Waals surface area contributed by atoms with E-state index in [2.05, 4.69) is 6.58 Å². The normalized spacial score (nSPS) is 34.5. The zero-order valence-corrected chi connectivity index (χ0v) is 20.6. The Balaban J connectivity index is 1.77. The number of aliphatic hydroxyl groups excluding tert-OH is 1. The Labute approximate surface area is 201 Å². The van der Waals surface area contributed by atoms with E-state index in [-0.39, 0.29) is 35.6 Å². The van der Waals surface area contributed by atoms with Crippen LogP contribution in [0.3, 0.4) is 0 Å². The summed E-state index contributed by atoms with van der Waals surface area (Å²) in [7, 11) is 0. The summed E-state index contributed by atoms with van der Waals surface area (Å²) in [6.45, 7) is 8.14. The van der Waals surface area contributed by atoms with Crippen LogP contribution in [-0.4, -0.2) is 79.1 Å². The van der Waals surface area contributed by atoms with Gasteiger partial charge in [0.2, 0.25) is 11.8 Å². The van der Waals surface area contributed by atoms with E-state index >= 15 is 0 Å². The maximum absolute atomic E-state index is 14.3. The average molecular weight is 479 g/mol. The molecule has 3 heterocycles. The molecule has 4 aliphatic rings. The van der Waals surface area contributed by atoms with Gasteiger partial charge in [-0.2, -0.15) is 0 Å². The van der Waals surface area contributed by atoms with Crippen LogP contribution >= 0.6 is 11.8 Å². The van der Waals surface area contributed by atoms with Crippen LogP contribution < -0.4 is 0 Å². The Morgan fingerprint density at radius 2 is 1.97 bits per heavy atom. The molecule has 3 saturated heterocycles. The van der Waals surface area contributed by atoms with Gasteiger partial charge in [0.25, 0.3) is 0 Å². The minimum Gasteiger partial charge on any atom is -0.481 e. The summed E-state index contributed by atoms with van der Waals surface area (Å²) in [6.07, 6.45) is 8.92. The highest BCUT2D eigenvalue weighted by atomic mass is 32.2. The number of likely N-dealkylation sites (tertiary alicyclic amines) is 1. The maximum atomic E-state index is 14.3. The monoisotopic (exact) mass is 478 g/mol. The fourth-order valence-corrected chi connectivity index (χ4v) is 9.17. The van der Waals surface area contributed by atoms with Crippen molar-refractivity contribution in [2.75, 3.05) is 13.2 Å². The van der Waals surface area contributed by atoms with Crippen molar-refractivity contribution in [2.24, 2.45) is 17.8 Å². The summed E-state index contributed by atoms with van der Waals surface area (Å²) >= 11 is 1.56. The number of carboxylic acids is 1. The van der Waals surface area contributed by atoms with Crippen molar-refractivity contribution >= 4 is 29.5 Å². The molecule has 33 heavy (non-hydrogen) atoms. The molecule has 3 aliphatic heterocycles. The smallest absolute Gasteiger partial charge is 0.308 e. The number of amides is 2. The number of hydrogen-bond acceptors (Lipinski definition) is 5. The van der Waals surface area contributed by atoms with Gasteiger partial charge in [0.15, 0.2) is 0 Å². The summed E-state index contributed by atoms with van der Waals surface area (Å²) in [5, 5.41) is 20.2. The molecule has 2 N–H and O–H groups in total. The van der Waals surface area contributed by atoms with E-state index in [4.69, 9.17) is 0 Å². The third-order valence-electron chi connectivity index (χ3n) is 8.23. The summed E-state index contributed by atoms with van der Waals surface area (Å²) in [4.78, 5) is 44.0. The van der Waals surface area contributed by atoms with E-state index in [0.717, 1.165) is 25.7 Å². The molecule has 6 atom stereocenters. The van der Waals surface area contributed by atoms with Gasteiger partial charge in [0.1, 0.15) is 6.04 Å². The Kier molecular flexibility index (Phi) is 7.16. The van der Waals surface area contributed by atoms with Gasteiger partial charge < -0.3 is 20.0 Å². The SMILES string of the molecule is C=CCN(C(=O)C1N([C@@H](CO)CC(C)C)C(=O)[C@@H]2[C@H](C(=O)O)[C@@H]3CCC12S3)C1CCCCC1. The van der Waals surface area contributed by atoms with Gasteiger partial charge in [-0.15, -0.1) is 18.3 Å². The first-order valence-corrected chi connectivity index (χ1v) is 13.4. The molecule has 1 saturated carbocycles. The first-order chi connectivity index (χ1) is 15.8. The lowest BCUT2D eigenvalue weighted by Crippen LogP contribution is -2.59. The molecule has 4 fully saturated rings. The first-order valence-electron chi connectivity index (χ1n) is 12.5. The van der Waals surface area contributed by atoms with Gasteiger partial charge in [-0.3, -0.25) is 14.4 Å². The van der Waals surface area contributed by atoms with Gasteiger partial charge >= 0.3 is 5.97 Å². The molecule has 0 aromatic heterocycles. The van der Waals surface area contributed by atoms with Crippen LogP contribution in [0.1, 0.15) is 65.2 Å². The maximum Gasteiger partial charge on any atom is 0.308 e. The van der Waals surface area contributed by atoms with Crippen molar-refractivity contribution < 1.29 is 24.6 Å². The Morgan fingerprint density at radius 1 is 1.27 bits per heavy atom. The average Bonchev–Trinajstić information content (AvgIpc) is 3.43.